The number of hydrogen-bond acceptors (Lipinski definition) is 3. The molecule has 0 aliphatic heterocycles. The number of aryl methyl sites for hydroxylation is 1. The quantitative estimate of drug-likeness (QED) is 0.693. The predicted molar refractivity (Wildman–Crippen MR) is 82.8 cm³/mol. The maximum atomic E-state index is 11.9. The first-order valence-corrected chi connectivity index (χ1v) is 6.89. The molecule has 1 N–H and O–H groups in total. The average Bonchev–Trinajstić information content (AvgIpc) is 2.46. The number of halogens is 1. The van der Waals surface area contributed by atoms with Crippen LogP contribution < -0.4 is 5.43 Å². The summed E-state index contributed by atoms with van der Waals surface area (Å²) in [7, 11) is 0. The van der Waals surface area contributed by atoms with Crippen LogP contribution in [0.15, 0.2) is 52.2 Å². The second-order valence-corrected chi connectivity index (χ2v) is 5.25. The van der Waals surface area contributed by atoms with Crippen molar-refractivity contribution < 1.29 is 4.79 Å². The van der Waals surface area contributed by atoms with Gasteiger partial charge in [-0.3, -0.25) is 9.78 Å². The number of benzene rings is 1. The van der Waals surface area contributed by atoms with Crippen LogP contribution in [0.4, 0.5) is 0 Å². The summed E-state index contributed by atoms with van der Waals surface area (Å²) >= 11 is 3.38. The third kappa shape index (κ3) is 3.74. The lowest BCUT2D eigenvalue weighted by molar-refractivity contribution is 0.0954. The van der Waals surface area contributed by atoms with E-state index in [-0.39, 0.29) is 5.91 Å². The van der Waals surface area contributed by atoms with Crippen LogP contribution in [0.2, 0.25) is 0 Å². The highest BCUT2D eigenvalue weighted by Gasteiger charge is 2.05. The molecular weight excluding hydrogens is 318 g/mol. The van der Waals surface area contributed by atoms with Gasteiger partial charge in [0.25, 0.3) is 5.91 Å². The van der Waals surface area contributed by atoms with Crippen molar-refractivity contribution in [3.05, 3.63) is 63.9 Å². The number of rotatable bonds is 3. The topological polar surface area (TPSA) is 54.4 Å². The number of carbonyl (C=O) groups is 1. The standard InChI is InChI=1S/C15H14BrN3O/c1-10-3-4-13(9-17-10)15(20)19-18-11(2)12-5-7-14(16)8-6-12/h3-9H,1-2H3,(H,19,20)/b18-11+. The van der Waals surface area contributed by atoms with Gasteiger partial charge < -0.3 is 0 Å². The molecule has 20 heavy (non-hydrogen) atoms. The summed E-state index contributed by atoms with van der Waals surface area (Å²) in [5, 5.41) is 4.10. The van der Waals surface area contributed by atoms with Crippen molar-refractivity contribution >= 4 is 27.5 Å². The first-order chi connectivity index (χ1) is 9.56. The molecule has 0 atom stereocenters. The molecule has 0 saturated heterocycles. The second kappa shape index (κ2) is 6.43. The number of aromatic nitrogens is 1. The summed E-state index contributed by atoms with van der Waals surface area (Å²) in [6.07, 6.45) is 1.54. The van der Waals surface area contributed by atoms with Gasteiger partial charge in [-0.2, -0.15) is 5.10 Å². The van der Waals surface area contributed by atoms with Crippen molar-refractivity contribution in [2.45, 2.75) is 13.8 Å². The van der Waals surface area contributed by atoms with Gasteiger partial charge in [0.05, 0.1) is 11.3 Å². The summed E-state index contributed by atoms with van der Waals surface area (Å²) in [6, 6.07) is 11.2. The van der Waals surface area contributed by atoms with Crippen LogP contribution in [0.3, 0.4) is 0 Å². The Balaban J connectivity index is 2.06. The van der Waals surface area contributed by atoms with Gasteiger partial charge in [0.15, 0.2) is 0 Å². The molecule has 2 rings (SSSR count). The summed E-state index contributed by atoms with van der Waals surface area (Å²) in [4.78, 5) is 16.0. The van der Waals surface area contributed by atoms with E-state index < -0.39 is 0 Å². The Morgan fingerprint density at radius 3 is 2.40 bits per heavy atom. The lowest BCUT2D eigenvalue weighted by Gasteiger charge is -2.03. The van der Waals surface area contributed by atoms with Crippen molar-refractivity contribution in [3.8, 4) is 0 Å². The number of carbonyl (C=O) groups excluding carboxylic acids is 1. The van der Waals surface area contributed by atoms with Crippen molar-refractivity contribution in [2.24, 2.45) is 5.10 Å². The molecule has 0 aliphatic rings. The number of nitrogens with one attached hydrogen (secondary N) is 1. The molecule has 0 unspecified atom stereocenters. The highest BCUT2D eigenvalue weighted by atomic mass is 79.9. The predicted octanol–water partition coefficient (Wildman–Crippen LogP) is 3.31. The lowest BCUT2D eigenvalue weighted by Crippen LogP contribution is -2.19. The van der Waals surface area contributed by atoms with Crippen molar-refractivity contribution in [2.75, 3.05) is 0 Å². The molecule has 0 bridgehead atoms. The Morgan fingerprint density at radius 2 is 1.80 bits per heavy atom. The van der Waals surface area contributed by atoms with Crippen LogP contribution in [0, 0.1) is 6.92 Å². The summed E-state index contributed by atoms with van der Waals surface area (Å²) < 4.78 is 1.00. The zero-order chi connectivity index (χ0) is 14.5. The molecule has 0 fully saturated rings. The molecular formula is C15H14BrN3O. The van der Waals surface area contributed by atoms with E-state index in [1.165, 1.54) is 6.20 Å². The van der Waals surface area contributed by atoms with Gasteiger partial charge in [-0.05, 0) is 43.7 Å². The minimum absolute atomic E-state index is 0.269. The van der Waals surface area contributed by atoms with Gasteiger partial charge in [-0.25, -0.2) is 5.43 Å². The van der Waals surface area contributed by atoms with E-state index in [4.69, 9.17) is 0 Å². The second-order valence-electron chi connectivity index (χ2n) is 4.33. The number of amides is 1. The molecule has 2 aromatic rings. The van der Waals surface area contributed by atoms with Crippen molar-refractivity contribution in [3.63, 3.8) is 0 Å². The first-order valence-electron chi connectivity index (χ1n) is 6.09. The zero-order valence-electron chi connectivity index (χ0n) is 11.2. The van der Waals surface area contributed by atoms with Crippen molar-refractivity contribution in [1.82, 2.24) is 10.4 Å². The van der Waals surface area contributed by atoms with E-state index in [1.807, 2.05) is 38.1 Å². The number of hydrazone groups is 1. The first kappa shape index (κ1) is 14.4. The van der Waals surface area contributed by atoms with E-state index >= 15 is 0 Å². The molecule has 4 nitrogen and oxygen atoms in total. The lowest BCUT2D eigenvalue weighted by atomic mass is 10.1. The average molecular weight is 332 g/mol. The van der Waals surface area contributed by atoms with E-state index in [0.717, 1.165) is 21.4 Å². The number of nitrogens with zero attached hydrogens (tertiary/aromatic N) is 2. The van der Waals surface area contributed by atoms with Gasteiger partial charge in [0, 0.05) is 16.4 Å². The Morgan fingerprint density at radius 1 is 1.15 bits per heavy atom. The maximum absolute atomic E-state index is 11.9. The van der Waals surface area contributed by atoms with Crippen LogP contribution >= 0.6 is 15.9 Å². The molecule has 1 heterocycles. The van der Waals surface area contributed by atoms with Crippen LogP contribution in [0.5, 0.6) is 0 Å². The highest BCUT2D eigenvalue weighted by molar-refractivity contribution is 9.10. The summed E-state index contributed by atoms with van der Waals surface area (Å²) in [5.41, 5.74) is 5.58. The van der Waals surface area contributed by atoms with Crippen LogP contribution in [-0.2, 0) is 0 Å². The zero-order valence-corrected chi connectivity index (χ0v) is 12.8. The minimum Gasteiger partial charge on any atom is -0.267 e. The highest BCUT2D eigenvalue weighted by Crippen LogP contribution is 2.11. The molecule has 0 spiro atoms. The molecule has 1 aromatic carbocycles. The van der Waals surface area contributed by atoms with Crippen LogP contribution in [-0.4, -0.2) is 16.6 Å². The fraction of sp³-hybridized carbons (Fsp3) is 0.133. The fourth-order valence-corrected chi connectivity index (χ4v) is 1.82. The van der Waals surface area contributed by atoms with Gasteiger partial charge in [-0.15, -0.1) is 0 Å². The fourth-order valence-electron chi connectivity index (χ4n) is 1.56. The Bertz CT molecular complexity index is 633. The van der Waals surface area contributed by atoms with E-state index in [2.05, 4.69) is 31.4 Å². The third-order valence-corrected chi connectivity index (χ3v) is 3.29. The van der Waals surface area contributed by atoms with Gasteiger partial charge in [0.1, 0.15) is 0 Å². The van der Waals surface area contributed by atoms with Gasteiger partial charge in [-0.1, -0.05) is 28.1 Å². The van der Waals surface area contributed by atoms with Crippen molar-refractivity contribution in [1.29, 1.82) is 0 Å². The monoisotopic (exact) mass is 331 g/mol. The Labute approximate surface area is 126 Å². The van der Waals surface area contributed by atoms with Crippen LogP contribution in [0.1, 0.15) is 28.5 Å². The molecule has 102 valence electrons. The Hall–Kier alpha value is -2.01. The third-order valence-electron chi connectivity index (χ3n) is 2.76. The number of hydrogen-bond donors (Lipinski definition) is 1. The normalized spacial score (nSPS) is 11.2. The molecule has 1 amide bonds. The molecule has 5 heteroatoms. The maximum Gasteiger partial charge on any atom is 0.272 e. The molecule has 0 saturated carbocycles. The van der Waals surface area contributed by atoms with E-state index in [9.17, 15) is 4.79 Å². The SMILES string of the molecule is C/C(=N\NC(=O)c1ccc(C)nc1)c1ccc(Br)cc1. The van der Waals surface area contributed by atoms with E-state index in [0.29, 0.717) is 5.56 Å². The summed E-state index contributed by atoms with van der Waals surface area (Å²) in [5.74, 6) is -0.269. The van der Waals surface area contributed by atoms with Gasteiger partial charge >= 0.3 is 0 Å². The van der Waals surface area contributed by atoms with Crippen LogP contribution in [0.25, 0.3) is 0 Å². The largest absolute Gasteiger partial charge is 0.272 e. The van der Waals surface area contributed by atoms with E-state index in [1.54, 1.807) is 12.1 Å². The Kier molecular flexibility index (Phi) is 4.63. The van der Waals surface area contributed by atoms with Gasteiger partial charge in [0.2, 0.25) is 0 Å². The molecule has 0 aliphatic carbocycles. The molecule has 0 radical (unpaired) electrons. The number of pyridine rings is 1. The smallest absolute Gasteiger partial charge is 0.267 e. The minimum atomic E-state index is -0.269. The molecule has 1 aromatic heterocycles. The summed E-state index contributed by atoms with van der Waals surface area (Å²) in [6.45, 7) is 3.72.